The molecule has 1 aliphatic rings. The van der Waals surface area contributed by atoms with E-state index in [1.54, 1.807) is 6.20 Å². The molecular weight excluding hydrogens is 502 g/mol. The molecule has 3 amide bonds. The highest BCUT2D eigenvalue weighted by atomic mass is 16.4. The summed E-state index contributed by atoms with van der Waals surface area (Å²) in [5.74, 6) is -3.05. The van der Waals surface area contributed by atoms with Crippen LogP contribution in [0.3, 0.4) is 0 Å². The van der Waals surface area contributed by atoms with Crippen molar-refractivity contribution < 1.29 is 29.4 Å². The van der Waals surface area contributed by atoms with Crippen molar-refractivity contribution in [2.24, 2.45) is 0 Å². The zero-order chi connectivity index (χ0) is 27.8. The predicted molar refractivity (Wildman–Crippen MR) is 144 cm³/mol. The Kier molecular flexibility index (Phi) is 9.29. The standard InChI is InChI=1S/C28H33N5O6/c34-16-24(28(38)39)33-27(37)23(14-18-15-30-20-10-5-4-9-19(18)20)32-26(36)22(13-17-7-2-1-3-8-17)31-25(35)21-11-6-12-29-21/h1-5,7-10,15,21-24,29-30,34H,6,11-14,16H2,(H,31,35)(H,32,36)(H,33,37)(H,38,39). The highest BCUT2D eigenvalue weighted by Gasteiger charge is 2.32. The van der Waals surface area contributed by atoms with Crippen molar-refractivity contribution in [2.75, 3.05) is 13.2 Å². The fourth-order valence-corrected chi connectivity index (χ4v) is 4.70. The molecule has 0 aliphatic carbocycles. The summed E-state index contributed by atoms with van der Waals surface area (Å²) < 4.78 is 0. The maximum atomic E-state index is 13.6. The number of carboxylic acids is 1. The van der Waals surface area contributed by atoms with Gasteiger partial charge >= 0.3 is 5.97 Å². The molecule has 4 atom stereocenters. The maximum Gasteiger partial charge on any atom is 0.328 e. The van der Waals surface area contributed by atoms with Crippen molar-refractivity contribution in [2.45, 2.75) is 49.9 Å². The Balaban J connectivity index is 1.57. The van der Waals surface area contributed by atoms with Crippen LogP contribution in [0.1, 0.15) is 24.0 Å². The van der Waals surface area contributed by atoms with E-state index in [0.29, 0.717) is 6.42 Å². The van der Waals surface area contributed by atoms with Gasteiger partial charge in [0.15, 0.2) is 0 Å². The quantitative estimate of drug-likeness (QED) is 0.174. The van der Waals surface area contributed by atoms with Crippen LogP contribution in [-0.2, 0) is 32.0 Å². The Labute approximate surface area is 225 Å². The van der Waals surface area contributed by atoms with E-state index in [9.17, 15) is 29.4 Å². The Morgan fingerprint density at radius 3 is 2.21 bits per heavy atom. The van der Waals surface area contributed by atoms with E-state index < -0.39 is 48.6 Å². The Hall–Kier alpha value is -4.22. The molecular formula is C28H33N5O6. The number of carbonyl (C=O) groups excluding carboxylic acids is 3. The fraction of sp³-hybridized carbons (Fsp3) is 0.357. The first kappa shape index (κ1) is 27.8. The Bertz CT molecular complexity index is 1300. The van der Waals surface area contributed by atoms with E-state index in [-0.39, 0.29) is 18.7 Å². The molecule has 4 rings (SSSR count). The Morgan fingerprint density at radius 1 is 0.872 bits per heavy atom. The zero-order valence-corrected chi connectivity index (χ0v) is 21.4. The lowest BCUT2D eigenvalue weighted by molar-refractivity contribution is -0.143. The molecule has 0 saturated carbocycles. The number of nitrogens with one attached hydrogen (secondary N) is 5. The van der Waals surface area contributed by atoms with Crippen molar-refractivity contribution in [1.82, 2.24) is 26.3 Å². The number of aliphatic carboxylic acids is 1. The highest BCUT2D eigenvalue weighted by Crippen LogP contribution is 2.19. The van der Waals surface area contributed by atoms with Crippen molar-refractivity contribution in [3.63, 3.8) is 0 Å². The average Bonchev–Trinajstić information content (AvgIpc) is 3.62. The number of amides is 3. The molecule has 206 valence electrons. The van der Waals surface area contributed by atoms with E-state index in [2.05, 4.69) is 26.3 Å². The van der Waals surface area contributed by atoms with Gasteiger partial charge in [-0.1, -0.05) is 48.5 Å². The van der Waals surface area contributed by atoms with Crippen LogP contribution in [0, 0.1) is 0 Å². The number of H-pyrrole nitrogens is 1. The first-order valence-corrected chi connectivity index (χ1v) is 12.9. The van der Waals surface area contributed by atoms with Crippen LogP contribution in [0.5, 0.6) is 0 Å². The van der Waals surface area contributed by atoms with E-state index in [1.165, 1.54) is 0 Å². The number of carboxylic acid groups (broad SMARTS) is 1. The van der Waals surface area contributed by atoms with Gasteiger partial charge in [-0.3, -0.25) is 14.4 Å². The minimum absolute atomic E-state index is 0.0511. The molecule has 2 aromatic carbocycles. The third-order valence-electron chi connectivity index (χ3n) is 6.82. The molecule has 3 aromatic rings. The number of aromatic amines is 1. The topological polar surface area (TPSA) is 173 Å². The van der Waals surface area contributed by atoms with Gasteiger partial charge in [0.2, 0.25) is 17.7 Å². The first-order chi connectivity index (χ1) is 18.9. The molecule has 1 fully saturated rings. The van der Waals surface area contributed by atoms with Gasteiger partial charge in [0.05, 0.1) is 12.6 Å². The number of benzene rings is 2. The number of fused-ring (bicyclic) bond motifs is 1. The van der Waals surface area contributed by atoms with Crippen LogP contribution in [0.2, 0.25) is 0 Å². The second-order valence-electron chi connectivity index (χ2n) is 9.61. The fourth-order valence-electron chi connectivity index (χ4n) is 4.70. The summed E-state index contributed by atoms with van der Waals surface area (Å²) >= 11 is 0. The molecule has 0 radical (unpaired) electrons. The van der Waals surface area contributed by atoms with Crippen LogP contribution in [0.25, 0.3) is 10.9 Å². The number of hydrogen-bond donors (Lipinski definition) is 7. The third-order valence-corrected chi connectivity index (χ3v) is 6.82. The van der Waals surface area contributed by atoms with Gasteiger partial charge in [-0.25, -0.2) is 4.79 Å². The van der Waals surface area contributed by atoms with E-state index >= 15 is 0 Å². The summed E-state index contributed by atoms with van der Waals surface area (Å²) in [5.41, 5.74) is 2.40. The van der Waals surface area contributed by atoms with Crippen LogP contribution in [0.4, 0.5) is 0 Å². The summed E-state index contributed by atoms with van der Waals surface area (Å²) in [6, 6.07) is 12.6. The summed E-state index contributed by atoms with van der Waals surface area (Å²) in [7, 11) is 0. The van der Waals surface area contributed by atoms with Crippen molar-refractivity contribution >= 4 is 34.6 Å². The number of rotatable bonds is 12. The maximum absolute atomic E-state index is 13.6. The van der Waals surface area contributed by atoms with Gasteiger partial charge in [0.25, 0.3) is 0 Å². The van der Waals surface area contributed by atoms with Crippen LogP contribution < -0.4 is 21.3 Å². The monoisotopic (exact) mass is 535 g/mol. The Morgan fingerprint density at radius 2 is 1.54 bits per heavy atom. The molecule has 39 heavy (non-hydrogen) atoms. The molecule has 0 spiro atoms. The average molecular weight is 536 g/mol. The van der Waals surface area contributed by atoms with Crippen LogP contribution in [-0.4, -0.2) is 76.2 Å². The summed E-state index contributed by atoms with van der Waals surface area (Å²) in [5, 5.41) is 30.6. The second-order valence-corrected chi connectivity index (χ2v) is 9.61. The minimum Gasteiger partial charge on any atom is -0.480 e. The first-order valence-electron chi connectivity index (χ1n) is 12.9. The number of para-hydroxylation sites is 1. The summed E-state index contributed by atoms with van der Waals surface area (Å²) in [4.78, 5) is 54.3. The molecule has 2 heterocycles. The van der Waals surface area contributed by atoms with Gasteiger partial charge in [0.1, 0.15) is 18.1 Å². The molecule has 1 aliphatic heterocycles. The number of aliphatic hydroxyl groups excluding tert-OH is 1. The van der Waals surface area contributed by atoms with E-state index in [1.807, 2.05) is 54.6 Å². The minimum atomic E-state index is -1.53. The van der Waals surface area contributed by atoms with Gasteiger partial charge in [-0.2, -0.15) is 0 Å². The molecule has 11 heteroatoms. The van der Waals surface area contributed by atoms with Crippen LogP contribution in [0.15, 0.2) is 60.8 Å². The number of aromatic nitrogens is 1. The molecule has 7 N–H and O–H groups in total. The van der Waals surface area contributed by atoms with Gasteiger partial charge in [0, 0.05) is 29.9 Å². The molecule has 0 bridgehead atoms. The number of carbonyl (C=O) groups is 4. The van der Waals surface area contributed by atoms with Gasteiger partial charge < -0.3 is 36.5 Å². The summed E-state index contributed by atoms with van der Waals surface area (Å²) in [6.07, 6.45) is 3.49. The molecule has 11 nitrogen and oxygen atoms in total. The zero-order valence-electron chi connectivity index (χ0n) is 21.4. The predicted octanol–water partition coefficient (Wildman–Crippen LogP) is 0.236. The lowest BCUT2D eigenvalue weighted by Gasteiger charge is -2.25. The normalized spacial score (nSPS) is 17.2. The number of aliphatic hydroxyl groups is 1. The largest absolute Gasteiger partial charge is 0.480 e. The SMILES string of the molecule is O=C(O)C(CO)NC(=O)C(Cc1c[nH]c2ccccc12)NC(=O)C(Cc1ccccc1)NC(=O)C1CCCN1. The molecule has 1 saturated heterocycles. The second kappa shape index (κ2) is 13.0. The molecule has 1 aromatic heterocycles. The lowest BCUT2D eigenvalue weighted by Crippen LogP contribution is -2.58. The third kappa shape index (κ3) is 7.21. The molecule has 4 unspecified atom stereocenters. The van der Waals surface area contributed by atoms with Crippen molar-refractivity contribution in [1.29, 1.82) is 0 Å². The summed E-state index contributed by atoms with van der Waals surface area (Å²) in [6.45, 7) is -0.0913. The van der Waals surface area contributed by atoms with Crippen LogP contribution >= 0.6 is 0 Å². The lowest BCUT2D eigenvalue weighted by atomic mass is 10.0. The van der Waals surface area contributed by atoms with Crippen molar-refractivity contribution in [3.8, 4) is 0 Å². The van der Waals surface area contributed by atoms with E-state index in [0.717, 1.165) is 35.0 Å². The highest BCUT2D eigenvalue weighted by molar-refractivity contribution is 5.95. The smallest absolute Gasteiger partial charge is 0.328 e. The van der Waals surface area contributed by atoms with Crippen molar-refractivity contribution in [3.05, 3.63) is 71.9 Å². The number of hydrogen-bond acceptors (Lipinski definition) is 6. The van der Waals surface area contributed by atoms with E-state index in [4.69, 9.17) is 0 Å². The van der Waals surface area contributed by atoms with Gasteiger partial charge in [-0.15, -0.1) is 0 Å². The van der Waals surface area contributed by atoms with Gasteiger partial charge in [-0.05, 0) is 36.6 Å².